The number of aryl methyl sites for hydroxylation is 1. The second-order valence-electron chi connectivity index (χ2n) is 4.47. The van der Waals surface area contributed by atoms with Gasteiger partial charge in [0.15, 0.2) is 0 Å². The summed E-state index contributed by atoms with van der Waals surface area (Å²) in [5.41, 5.74) is -2.33. The lowest BCUT2D eigenvalue weighted by Crippen LogP contribution is -2.19. The summed E-state index contributed by atoms with van der Waals surface area (Å²) in [5.74, 6) is 0. The topological polar surface area (TPSA) is 41.1 Å². The van der Waals surface area contributed by atoms with Crippen LogP contribution in [0.15, 0.2) is 53.4 Å². The number of amides is 2. The number of halogens is 3. The first-order valence-corrected chi connectivity index (χ1v) is 7.14. The number of carbonyl (C=O) groups is 1. The smallest absolute Gasteiger partial charge is 0.308 e. The summed E-state index contributed by atoms with van der Waals surface area (Å²) >= 11 is -0.195. The number of nitrogens with one attached hydrogen (secondary N) is 2. The number of thioether (sulfide) groups is 1. The van der Waals surface area contributed by atoms with E-state index >= 15 is 0 Å². The van der Waals surface area contributed by atoms with E-state index in [4.69, 9.17) is 0 Å². The summed E-state index contributed by atoms with van der Waals surface area (Å²) in [6, 6.07) is 12.3. The molecule has 0 bridgehead atoms. The fourth-order valence-electron chi connectivity index (χ4n) is 1.74. The van der Waals surface area contributed by atoms with Crippen LogP contribution in [-0.4, -0.2) is 11.5 Å². The van der Waals surface area contributed by atoms with E-state index < -0.39 is 11.5 Å². The minimum absolute atomic E-state index is 0.0670. The van der Waals surface area contributed by atoms with Crippen molar-refractivity contribution in [3.05, 3.63) is 54.1 Å². The van der Waals surface area contributed by atoms with Crippen molar-refractivity contribution >= 4 is 29.2 Å². The van der Waals surface area contributed by atoms with E-state index in [0.29, 0.717) is 11.4 Å². The molecule has 0 radical (unpaired) electrons. The van der Waals surface area contributed by atoms with Crippen LogP contribution < -0.4 is 10.6 Å². The molecule has 2 aromatic carbocycles. The lowest BCUT2D eigenvalue weighted by atomic mass is 10.2. The molecule has 0 heterocycles. The molecule has 0 spiro atoms. The molecule has 0 aromatic heterocycles. The van der Waals surface area contributed by atoms with Crippen molar-refractivity contribution in [1.29, 1.82) is 0 Å². The molecule has 0 aliphatic heterocycles. The van der Waals surface area contributed by atoms with Gasteiger partial charge in [-0.25, -0.2) is 4.79 Å². The largest absolute Gasteiger partial charge is 0.446 e. The molecule has 0 unspecified atom stereocenters. The minimum atomic E-state index is -4.32. The number of rotatable bonds is 3. The van der Waals surface area contributed by atoms with Crippen molar-refractivity contribution in [2.24, 2.45) is 0 Å². The number of para-hydroxylation sites is 1. The van der Waals surface area contributed by atoms with Gasteiger partial charge in [-0.05, 0) is 54.6 Å². The highest BCUT2D eigenvalue weighted by Gasteiger charge is 2.28. The Bertz CT molecular complexity index is 657. The van der Waals surface area contributed by atoms with Crippen LogP contribution in [0.2, 0.25) is 0 Å². The zero-order chi connectivity index (χ0) is 16.2. The molecule has 0 saturated carbocycles. The average Bonchev–Trinajstić information content (AvgIpc) is 2.42. The molecule has 7 heteroatoms. The molecule has 2 N–H and O–H groups in total. The number of urea groups is 1. The lowest BCUT2D eigenvalue weighted by Gasteiger charge is -2.10. The molecule has 0 aliphatic rings. The van der Waals surface area contributed by atoms with E-state index in [1.54, 1.807) is 12.1 Å². The van der Waals surface area contributed by atoms with Crippen molar-refractivity contribution in [2.45, 2.75) is 17.3 Å². The quantitative estimate of drug-likeness (QED) is 0.756. The molecular weight excluding hydrogens is 313 g/mol. The Morgan fingerprint density at radius 3 is 2.23 bits per heavy atom. The van der Waals surface area contributed by atoms with Crippen LogP contribution in [0.3, 0.4) is 0 Å². The molecule has 2 aromatic rings. The number of alkyl halides is 3. The Hall–Kier alpha value is -2.15. The van der Waals surface area contributed by atoms with Gasteiger partial charge in [0.1, 0.15) is 0 Å². The van der Waals surface area contributed by atoms with E-state index in [0.717, 1.165) is 5.56 Å². The molecule has 0 aliphatic carbocycles. The van der Waals surface area contributed by atoms with E-state index in [-0.39, 0.29) is 16.7 Å². The normalized spacial score (nSPS) is 11.1. The SMILES string of the molecule is Cc1ccccc1NC(=O)Nc1ccc(SC(F)(F)F)cc1. The second kappa shape index (κ2) is 6.74. The van der Waals surface area contributed by atoms with E-state index in [9.17, 15) is 18.0 Å². The predicted molar refractivity (Wildman–Crippen MR) is 82.2 cm³/mol. The molecule has 2 rings (SSSR count). The number of hydrogen-bond donors (Lipinski definition) is 2. The van der Waals surface area contributed by atoms with Crippen LogP contribution in [0.25, 0.3) is 0 Å². The highest BCUT2D eigenvalue weighted by Crippen LogP contribution is 2.37. The molecule has 0 fully saturated rings. The summed E-state index contributed by atoms with van der Waals surface area (Å²) in [6.45, 7) is 1.86. The second-order valence-corrected chi connectivity index (χ2v) is 5.60. The third-order valence-corrected chi connectivity index (χ3v) is 3.48. The van der Waals surface area contributed by atoms with Gasteiger partial charge in [0.05, 0.1) is 0 Å². The molecule has 22 heavy (non-hydrogen) atoms. The van der Waals surface area contributed by atoms with Gasteiger partial charge in [0.25, 0.3) is 0 Å². The number of carbonyl (C=O) groups excluding carboxylic acids is 1. The highest BCUT2D eigenvalue weighted by molar-refractivity contribution is 8.00. The van der Waals surface area contributed by atoms with E-state index in [1.165, 1.54) is 24.3 Å². The highest BCUT2D eigenvalue weighted by atomic mass is 32.2. The van der Waals surface area contributed by atoms with Crippen LogP contribution in [0.1, 0.15) is 5.56 Å². The standard InChI is InChI=1S/C15H13F3N2OS/c1-10-4-2-3-5-13(10)20-14(21)19-11-6-8-12(9-7-11)22-15(16,17)18/h2-9H,1H3,(H2,19,20,21). The molecule has 0 atom stereocenters. The minimum Gasteiger partial charge on any atom is -0.308 e. The first-order chi connectivity index (χ1) is 10.3. The van der Waals surface area contributed by atoms with Crippen molar-refractivity contribution in [3.63, 3.8) is 0 Å². The molecule has 0 saturated heterocycles. The van der Waals surface area contributed by atoms with Gasteiger partial charge >= 0.3 is 11.5 Å². The summed E-state index contributed by atoms with van der Waals surface area (Å²) in [4.78, 5) is 11.9. The zero-order valence-corrected chi connectivity index (χ0v) is 12.4. The van der Waals surface area contributed by atoms with E-state index in [2.05, 4.69) is 10.6 Å². The van der Waals surface area contributed by atoms with Gasteiger partial charge in [-0.2, -0.15) is 13.2 Å². The first-order valence-electron chi connectivity index (χ1n) is 6.33. The van der Waals surface area contributed by atoms with Gasteiger partial charge in [-0.3, -0.25) is 0 Å². The molecule has 2 amide bonds. The summed E-state index contributed by atoms with van der Waals surface area (Å²) in [6.07, 6.45) is 0. The average molecular weight is 326 g/mol. The summed E-state index contributed by atoms with van der Waals surface area (Å²) in [7, 11) is 0. The van der Waals surface area contributed by atoms with Crippen molar-refractivity contribution < 1.29 is 18.0 Å². The van der Waals surface area contributed by atoms with Crippen LogP contribution in [0.4, 0.5) is 29.3 Å². The van der Waals surface area contributed by atoms with Gasteiger partial charge in [-0.1, -0.05) is 18.2 Å². The number of benzene rings is 2. The van der Waals surface area contributed by atoms with Gasteiger partial charge < -0.3 is 10.6 Å². The van der Waals surface area contributed by atoms with Crippen LogP contribution in [0, 0.1) is 6.92 Å². The zero-order valence-electron chi connectivity index (χ0n) is 11.6. The van der Waals surface area contributed by atoms with Crippen LogP contribution in [0.5, 0.6) is 0 Å². The van der Waals surface area contributed by atoms with E-state index in [1.807, 2.05) is 19.1 Å². The molecular formula is C15H13F3N2OS. The fourth-order valence-corrected chi connectivity index (χ4v) is 2.28. The maximum Gasteiger partial charge on any atom is 0.446 e. The maximum atomic E-state index is 12.2. The maximum absolute atomic E-state index is 12.2. The molecule has 116 valence electrons. The number of hydrogen-bond acceptors (Lipinski definition) is 2. The van der Waals surface area contributed by atoms with Gasteiger partial charge in [-0.15, -0.1) is 0 Å². The lowest BCUT2D eigenvalue weighted by molar-refractivity contribution is -0.0328. The van der Waals surface area contributed by atoms with Crippen LogP contribution in [-0.2, 0) is 0 Å². The van der Waals surface area contributed by atoms with Crippen LogP contribution >= 0.6 is 11.8 Å². The third kappa shape index (κ3) is 5.00. The summed E-state index contributed by atoms with van der Waals surface area (Å²) < 4.78 is 36.6. The third-order valence-electron chi connectivity index (χ3n) is 2.74. The fraction of sp³-hybridized carbons (Fsp3) is 0.133. The Morgan fingerprint density at radius 2 is 1.64 bits per heavy atom. The number of anilines is 2. The Morgan fingerprint density at radius 1 is 1.00 bits per heavy atom. The van der Waals surface area contributed by atoms with Gasteiger partial charge in [0.2, 0.25) is 0 Å². The van der Waals surface area contributed by atoms with Crippen molar-refractivity contribution in [3.8, 4) is 0 Å². The first kappa shape index (κ1) is 16.2. The van der Waals surface area contributed by atoms with Crippen molar-refractivity contribution in [2.75, 3.05) is 10.6 Å². The monoisotopic (exact) mass is 326 g/mol. The van der Waals surface area contributed by atoms with Crippen molar-refractivity contribution in [1.82, 2.24) is 0 Å². The molecule has 3 nitrogen and oxygen atoms in total. The Labute approximate surface area is 129 Å². The summed E-state index contributed by atoms with van der Waals surface area (Å²) in [5, 5.41) is 5.24. The van der Waals surface area contributed by atoms with Gasteiger partial charge in [0, 0.05) is 16.3 Å². The Balaban J connectivity index is 1.96. The predicted octanol–water partition coefficient (Wildman–Crippen LogP) is 5.25. The Kier molecular flexibility index (Phi) is 4.97.